The average molecular weight is 255 g/mol. The fourth-order valence-electron chi connectivity index (χ4n) is 2.99. The standard InChI is InChI=1S/C15H29NO2/c1-5-6-7-14(15(17)18-4)16-13-9-8-11(2)10-12(13)3/h11-14,16H,5-10H2,1-4H3. The number of hydrogen-bond acceptors (Lipinski definition) is 3. The monoisotopic (exact) mass is 255 g/mol. The van der Waals surface area contributed by atoms with Crippen molar-refractivity contribution in [3.8, 4) is 0 Å². The highest BCUT2D eigenvalue weighted by Gasteiger charge is 2.29. The molecule has 0 radical (unpaired) electrons. The van der Waals surface area contributed by atoms with E-state index in [1.165, 1.54) is 26.4 Å². The molecule has 106 valence electrons. The second kappa shape index (κ2) is 7.78. The highest BCUT2D eigenvalue weighted by molar-refractivity contribution is 5.75. The fraction of sp³-hybridized carbons (Fsp3) is 0.933. The molecule has 4 atom stereocenters. The number of hydrogen-bond donors (Lipinski definition) is 1. The molecule has 0 spiro atoms. The molecular formula is C15H29NO2. The summed E-state index contributed by atoms with van der Waals surface area (Å²) < 4.78 is 4.91. The summed E-state index contributed by atoms with van der Waals surface area (Å²) in [4.78, 5) is 11.8. The Balaban J connectivity index is 2.51. The Hall–Kier alpha value is -0.570. The quantitative estimate of drug-likeness (QED) is 0.741. The van der Waals surface area contributed by atoms with Crippen LogP contribution in [0.5, 0.6) is 0 Å². The van der Waals surface area contributed by atoms with Crippen molar-refractivity contribution < 1.29 is 9.53 Å². The normalized spacial score (nSPS) is 29.9. The lowest BCUT2D eigenvalue weighted by Crippen LogP contribution is -2.48. The summed E-state index contributed by atoms with van der Waals surface area (Å²) in [6.45, 7) is 6.77. The highest BCUT2D eigenvalue weighted by atomic mass is 16.5. The summed E-state index contributed by atoms with van der Waals surface area (Å²) in [5, 5.41) is 3.54. The molecule has 0 saturated heterocycles. The molecule has 0 amide bonds. The zero-order valence-electron chi connectivity index (χ0n) is 12.4. The molecule has 0 heterocycles. The van der Waals surface area contributed by atoms with Crippen molar-refractivity contribution in [3.63, 3.8) is 0 Å². The van der Waals surface area contributed by atoms with Gasteiger partial charge in [-0.25, -0.2) is 0 Å². The Morgan fingerprint density at radius 1 is 1.39 bits per heavy atom. The minimum atomic E-state index is -0.115. The van der Waals surface area contributed by atoms with Crippen molar-refractivity contribution >= 4 is 5.97 Å². The van der Waals surface area contributed by atoms with Crippen molar-refractivity contribution in [1.29, 1.82) is 0 Å². The lowest BCUT2D eigenvalue weighted by Gasteiger charge is -2.35. The van der Waals surface area contributed by atoms with Crippen LogP contribution in [0.25, 0.3) is 0 Å². The van der Waals surface area contributed by atoms with Gasteiger partial charge in [0.2, 0.25) is 0 Å². The van der Waals surface area contributed by atoms with Crippen molar-refractivity contribution in [2.45, 2.75) is 71.4 Å². The highest BCUT2D eigenvalue weighted by Crippen LogP contribution is 2.29. The van der Waals surface area contributed by atoms with Crippen LogP contribution in [0.15, 0.2) is 0 Å². The minimum absolute atomic E-state index is 0.103. The third kappa shape index (κ3) is 4.60. The van der Waals surface area contributed by atoms with Crippen LogP contribution in [0, 0.1) is 11.8 Å². The van der Waals surface area contributed by atoms with Crippen molar-refractivity contribution in [1.82, 2.24) is 5.32 Å². The van der Waals surface area contributed by atoms with Crippen LogP contribution in [0.4, 0.5) is 0 Å². The molecule has 18 heavy (non-hydrogen) atoms. The molecule has 0 bridgehead atoms. The molecule has 1 fully saturated rings. The summed E-state index contributed by atoms with van der Waals surface area (Å²) in [7, 11) is 1.48. The molecule has 1 aliphatic rings. The van der Waals surface area contributed by atoms with Gasteiger partial charge in [-0.15, -0.1) is 0 Å². The SMILES string of the molecule is CCCCC(NC1CCC(C)CC1C)C(=O)OC. The Labute approximate surface area is 112 Å². The molecule has 3 nitrogen and oxygen atoms in total. The summed E-state index contributed by atoms with van der Waals surface area (Å²) in [6.07, 6.45) is 6.80. The first-order valence-corrected chi connectivity index (χ1v) is 7.42. The van der Waals surface area contributed by atoms with Gasteiger partial charge in [0.15, 0.2) is 0 Å². The molecule has 4 unspecified atom stereocenters. The summed E-state index contributed by atoms with van der Waals surface area (Å²) in [5.41, 5.74) is 0. The molecule has 1 N–H and O–H groups in total. The van der Waals surface area contributed by atoms with Crippen LogP contribution in [0.3, 0.4) is 0 Å². The zero-order chi connectivity index (χ0) is 13.5. The summed E-state index contributed by atoms with van der Waals surface area (Å²) >= 11 is 0. The third-order valence-electron chi connectivity index (χ3n) is 4.18. The van der Waals surface area contributed by atoms with Gasteiger partial charge in [0.25, 0.3) is 0 Å². The zero-order valence-corrected chi connectivity index (χ0v) is 12.4. The molecular weight excluding hydrogens is 226 g/mol. The number of ether oxygens (including phenoxy) is 1. The Morgan fingerprint density at radius 2 is 2.11 bits per heavy atom. The van der Waals surface area contributed by atoms with Gasteiger partial charge in [-0.05, 0) is 37.5 Å². The molecule has 1 saturated carbocycles. The van der Waals surface area contributed by atoms with Gasteiger partial charge >= 0.3 is 5.97 Å². The molecule has 0 aliphatic heterocycles. The van der Waals surface area contributed by atoms with E-state index in [9.17, 15) is 4.79 Å². The van der Waals surface area contributed by atoms with Crippen molar-refractivity contribution in [2.75, 3.05) is 7.11 Å². The van der Waals surface area contributed by atoms with Gasteiger partial charge in [0.05, 0.1) is 7.11 Å². The lowest BCUT2D eigenvalue weighted by atomic mass is 9.79. The second-order valence-electron chi connectivity index (χ2n) is 5.89. The number of methoxy groups -OCH3 is 1. The number of nitrogens with one attached hydrogen (secondary N) is 1. The van der Waals surface area contributed by atoms with Crippen LogP contribution in [0.2, 0.25) is 0 Å². The maximum atomic E-state index is 11.8. The fourth-order valence-corrected chi connectivity index (χ4v) is 2.99. The molecule has 0 aromatic heterocycles. The van der Waals surface area contributed by atoms with E-state index in [2.05, 4.69) is 26.1 Å². The molecule has 1 rings (SSSR count). The third-order valence-corrected chi connectivity index (χ3v) is 4.18. The topological polar surface area (TPSA) is 38.3 Å². The summed E-state index contributed by atoms with van der Waals surface area (Å²) in [6, 6.07) is 0.359. The van der Waals surface area contributed by atoms with Gasteiger partial charge in [0.1, 0.15) is 6.04 Å². The van der Waals surface area contributed by atoms with Crippen LogP contribution in [-0.2, 0) is 9.53 Å². The minimum Gasteiger partial charge on any atom is -0.468 e. The van der Waals surface area contributed by atoms with E-state index in [0.717, 1.165) is 25.2 Å². The van der Waals surface area contributed by atoms with E-state index in [4.69, 9.17) is 4.74 Å². The average Bonchev–Trinajstić information content (AvgIpc) is 2.36. The predicted molar refractivity (Wildman–Crippen MR) is 74.4 cm³/mol. The smallest absolute Gasteiger partial charge is 0.322 e. The number of esters is 1. The number of rotatable bonds is 6. The van der Waals surface area contributed by atoms with Gasteiger partial charge < -0.3 is 10.1 Å². The van der Waals surface area contributed by atoms with Crippen molar-refractivity contribution in [2.24, 2.45) is 11.8 Å². The molecule has 1 aliphatic carbocycles. The first-order valence-electron chi connectivity index (χ1n) is 7.42. The summed E-state index contributed by atoms with van der Waals surface area (Å²) in [5.74, 6) is 1.38. The van der Waals surface area contributed by atoms with E-state index in [1.807, 2.05) is 0 Å². The van der Waals surface area contributed by atoms with Gasteiger partial charge in [-0.1, -0.05) is 33.6 Å². The van der Waals surface area contributed by atoms with E-state index in [1.54, 1.807) is 0 Å². The lowest BCUT2D eigenvalue weighted by molar-refractivity contribution is -0.143. The Kier molecular flexibility index (Phi) is 6.69. The Morgan fingerprint density at radius 3 is 2.67 bits per heavy atom. The number of carbonyl (C=O) groups excluding carboxylic acids is 1. The van der Waals surface area contributed by atoms with Crippen LogP contribution >= 0.6 is 0 Å². The maximum Gasteiger partial charge on any atom is 0.322 e. The first-order chi connectivity index (χ1) is 8.58. The van der Waals surface area contributed by atoms with Gasteiger partial charge in [0, 0.05) is 6.04 Å². The van der Waals surface area contributed by atoms with E-state index < -0.39 is 0 Å². The Bertz CT molecular complexity index is 255. The van der Waals surface area contributed by atoms with E-state index in [0.29, 0.717) is 12.0 Å². The number of carbonyl (C=O) groups is 1. The van der Waals surface area contributed by atoms with Crippen LogP contribution in [0.1, 0.15) is 59.3 Å². The van der Waals surface area contributed by atoms with Gasteiger partial charge in [-0.3, -0.25) is 4.79 Å². The maximum absolute atomic E-state index is 11.8. The van der Waals surface area contributed by atoms with E-state index in [-0.39, 0.29) is 12.0 Å². The van der Waals surface area contributed by atoms with Gasteiger partial charge in [-0.2, -0.15) is 0 Å². The molecule has 3 heteroatoms. The predicted octanol–water partition coefficient (Wildman–Crippen LogP) is 3.13. The first kappa shape index (κ1) is 15.5. The molecule has 0 aromatic rings. The van der Waals surface area contributed by atoms with Crippen LogP contribution in [-0.4, -0.2) is 25.2 Å². The molecule has 0 aromatic carbocycles. The largest absolute Gasteiger partial charge is 0.468 e. The van der Waals surface area contributed by atoms with E-state index >= 15 is 0 Å². The van der Waals surface area contributed by atoms with Crippen molar-refractivity contribution in [3.05, 3.63) is 0 Å². The number of unbranched alkanes of at least 4 members (excludes halogenated alkanes) is 1. The van der Waals surface area contributed by atoms with Crippen LogP contribution < -0.4 is 5.32 Å². The second-order valence-corrected chi connectivity index (χ2v) is 5.89.